The van der Waals surface area contributed by atoms with Crippen LogP contribution in [0.4, 0.5) is 0 Å². The molecule has 0 aromatic heterocycles. The van der Waals surface area contributed by atoms with Gasteiger partial charge in [-0.25, -0.2) is 0 Å². The maximum absolute atomic E-state index is 11.1. The molecule has 0 unspecified atom stereocenters. The lowest BCUT2D eigenvalue weighted by Crippen LogP contribution is -2.66. The highest BCUT2D eigenvalue weighted by Gasteiger charge is 2.72. The van der Waals surface area contributed by atoms with Crippen LogP contribution in [-0.4, -0.2) is 19.4 Å². The largest absolute Gasteiger partial charge is 0.469 e. The Kier molecular flexibility index (Phi) is 1.03. The molecule has 60 valence electrons. The molecular weight excluding hydrogens is 144 g/mol. The Morgan fingerprint density at radius 3 is 2.36 bits per heavy atom. The zero-order chi connectivity index (χ0) is 8.11. The Bertz CT molecular complexity index is 212. The van der Waals surface area contributed by atoms with Crippen molar-refractivity contribution in [3.63, 3.8) is 0 Å². The van der Waals surface area contributed by atoms with Gasteiger partial charge in [-0.15, -0.1) is 0 Å². The minimum Gasteiger partial charge on any atom is -0.469 e. The fourth-order valence-corrected chi connectivity index (χ4v) is 2.42. The molecule has 0 spiro atoms. The summed E-state index contributed by atoms with van der Waals surface area (Å²) in [5.41, 5.74) is -0.385. The van der Waals surface area contributed by atoms with Gasteiger partial charge in [0, 0.05) is 5.41 Å². The molecule has 0 N–H and O–H groups in total. The summed E-state index contributed by atoms with van der Waals surface area (Å²) in [4.78, 5) is 21.5. The molecule has 0 saturated heterocycles. The molecule has 0 heterocycles. The summed E-state index contributed by atoms with van der Waals surface area (Å²) in [7, 11) is 1.40. The molecule has 0 amide bonds. The summed E-state index contributed by atoms with van der Waals surface area (Å²) >= 11 is 0. The first-order chi connectivity index (χ1) is 5.16. The number of hydrogen-bond donors (Lipinski definition) is 0. The zero-order valence-electron chi connectivity index (χ0n) is 6.42. The predicted octanol–water partition coefficient (Wildman–Crippen LogP) is 0.529. The van der Waals surface area contributed by atoms with Crippen LogP contribution in [-0.2, 0) is 14.3 Å². The standard InChI is InChI=1S/C8H10O3/c1-11-6(10)8-2-7(3-8,4-8)5-9/h5H,2-4H2,1H3. The highest BCUT2D eigenvalue weighted by Crippen LogP contribution is 2.72. The highest BCUT2D eigenvalue weighted by molar-refractivity contribution is 5.86. The molecule has 11 heavy (non-hydrogen) atoms. The molecule has 0 atom stereocenters. The number of hydrogen-bond acceptors (Lipinski definition) is 3. The van der Waals surface area contributed by atoms with E-state index in [9.17, 15) is 9.59 Å². The van der Waals surface area contributed by atoms with E-state index in [0.29, 0.717) is 0 Å². The second kappa shape index (κ2) is 1.65. The fraction of sp³-hybridized carbons (Fsp3) is 0.750. The van der Waals surface area contributed by atoms with Crippen LogP contribution in [0.25, 0.3) is 0 Å². The van der Waals surface area contributed by atoms with Gasteiger partial charge in [0.1, 0.15) is 6.29 Å². The van der Waals surface area contributed by atoms with Crippen LogP contribution in [0.2, 0.25) is 0 Å². The molecule has 0 aliphatic heterocycles. The smallest absolute Gasteiger partial charge is 0.311 e. The van der Waals surface area contributed by atoms with Gasteiger partial charge in [0.25, 0.3) is 0 Å². The number of aldehydes is 1. The number of methoxy groups -OCH3 is 1. The molecule has 3 fully saturated rings. The number of esters is 1. The van der Waals surface area contributed by atoms with Gasteiger partial charge >= 0.3 is 5.97 Å². The number of carbonyl (C=O) groups is 2. The summed E-state index contributed by atoms with van der Waals surface area (Å²) < 4.78 is 4.63. The lowest BCUT2D eigenvalue weighted by Gasteiger charge is -2.65. The maximum atomic E-state index is 11.1. The Hall–Kier alpha value is -0.860. The molecule has 0 aromatic carbocycles. The Morgan fingerprint density at radius 1 is 1.45 bits per heavy atom. The second-order valence-electron chi connectivity index (χ2n) is 3.78. The molecule has 0 radical (unpaired) electrons. The lowest BCUT2D eigenvalue weighted by atomic mass is 9.36. The lowest BCUT2D eigenvalue weighted by molar-refractivity contribution is -0.215. The van der Waals surface area contributed by atoms with Gasteiger partial charge in [-0.05, 0) is 19.3 Å². The van der Waals surface area contributed by atoms with E-state index in [4.69, 9.17) is 0 Å². The van der Waals surface area contributed by atoms with Crippen molar-refractivity contribution >= 4 is 12.3 Å². The SMILES string of the molecule is COC(=O)C12CC(C=O)(C1)C2. The van der Waals surface area contributed by atoms with E-state index in [1.54, 1.807) is 0 Å². The number of carbonyl (C=O) groups excluding carboxylic acids is 2. The summed E-state index contributed by atoms with van der Waals surface area (Å²) in [6.45, 7) is 0. The van der Waals surface area contributed by atoms with E-state index >= 15 is 0 Å². The third-order valence-electron chi connectivity index (χ3n) is 2.94. The highest BCUT2D eigenvalue weighted by atomic mass is 16.5. The average Bonchev–Trinajstić information content (AvgIpc) is 1.83. The van der Waals surface area contributed by atoms with E-state index in [-0.39, 0.29) is 16.8 Å². The summed E-state index contributed by atoms with van der Waals surface area (Å²) in [6.07, 6.45) is 3.14. The molecule has 3 aliphatic rings. The third kappa shape index (κ3) is 0.588. The molecule has 3 rings (SSSR count). The van der Waals surface area contributed by atoms with Gasteiger partial charge in [0.15, 0.2) is 0 Å². The molecule has 3 heteroatoms. The molecule has 3 aliphatic carbocycles. The van der Waals surface area contributed by atoms with Crippen molar-refractivity contribution < 1.29 is 14.3 Å². The van der Waals surface area contributed by atoms with Gasteiger partial charge in [-0.2, -0.15) is 0 Å². The number of ether oxygens (including phenoxy) is 1. The molecular formula is C8H10O3. The molecule has 3 nitrogen and oxygen atoms in total. The zero-order valence-corrected chi connectivity index (χ0v) is 6.42. The van der Waals surface area contributed by atoms with Crippen LogP contribution in [0.15, 0.2) is 0 Å². The molecule has 0 aromatic rings. The van der Waals surface area contributed by atoms with Crippen LogP contribution >= 0.6 is 0 Å². The van der Waals surface area contributed by atoms with Gasteiger partial charge in [0.2, 0.25) is 0 Å². The van der Waals surface area contributed by atoms with E-state index in [1.807, 2.05) is 0 Å². The van der Waals surface area contributed by atoms with Crippen LogP contribution in [0, 0.1) is 10.8 Å². The monoisotopic (exact) mass is 154 g/mol. The van der Waals surface area contributed by atoms with E-state index in [2.05, 4.69) is 4.74 Å². The first-order valence-corrected chi connectivity index (χ1v) is 3.71. The van der Waals surface area contributed by atoms with E-state index in [0.717, 1.165) is 25.5 Å². The van der Waals surface area contributed by atoms with Crippen molar-refractivity contribution in [3.8, 4) is 0 Å². The van der Waals surface area contributed by atoms with E-state index in [1.165, 1.54) is 7.11 Å². The first-order valence-electron chi connectivity index (χ1n) is 3.71. The maximum Gasteiger partial charge on any atom is 0.311 e. The van der Waals surface area contributed by atoms with Gasteiger partial charge in [-0.3, -0.25) is 4.79 Å². The van der Waals surface area contributed by atoms with Crippen molar-refractivity contribution in [1.82, 2.24) is 0 Å². The normalized spacial score (nSPS) is 45.2. The fourth-order valence-electron chi connectivity index (χ4n) is 2.42. The quantitative estimate of drug-likeness (QED) is 0.430. The third-order valence-corrected chi connectivity index (χ3v) is 2.94. The van der Waals surface area contributed by atoms with Crippen molar-refractivity contribution in [2.24, 2.45) is 10.8 Å². The van der Waals surface area contributed by atoms with Crippen molar-refractivity contribution in [1.29, 1.82) is 0 Å². The molecule has 2 bridgehead atoms. The Balaban J connectivity index is 2.04. The summed E-state index contributed by atoms with van der Waals surface area (Å²) in [5, 5.41) is 0. The average molecular weight is 154 g/mol. The van der Waals surface area contributed by atoms with Gasteiger partial charge < -0.3 is 9.53 Å². The van der Waals surface area contributed by atoms with Crippen molar-refractivity contribution in [3.05, 3.63) is 0 Å². The minimum absolute atomic E-state index is 0.131. The van der Waals surface area contributed by atoms with Crippen molar-refractivity contribution in [2.75, 3.05) is 7.11 Å². The van der Waals surface area contributed by atoms with Crippen LogP contribution in [0.3, 0.4) is 0 Å². The van der Waals surface area contributed by atoms with Gasteiger partial charge in [-0.1, -0.05) is 0 Å². The number of rotatable bonds is 2. The first kappa shape index (κ1) is 6.83. The summed E-state index contributed by atoms with van der Waals surface area (Å²) in [6, 6.07) is 0. The topological polar surface area (TPSA) is 43.4 Å². The van der Waals surface area contributed by atoms with Crippen LogP contribution in [0.5, 0.6) is 0 Å². The Labute approximate surface area is 64.7 Å². The van der Waals surface area contributed by atoms with E-state index < -0.39 is 0 Å². The molecule has 3 saturated carbocycles. The van der Waals surface area contributed by atoms with Crippen molar-refractivity contribution in [2.45, 2.75) is 19.3 Å². The second-order valence-corrected chi connectivity index (χ2v) is 3.78. The predicted molar refractivity (Wildman–Crippen MR) is 36.8 cm³/mol. The van der Waals surface area contributed by atoms with Crippen LogP contribution < -0.4 is 0 Å². The van der Waals surface area contributed by atoms with Gasteiger partial charge in [0.05, 0.1) is 12.5 Å². The van der Waals surface area contributed by atoms with Crippen LogP contribution in [0.1, 0.15) is 19.3 Å². The minimum atomic E-state index is -0.254. The Morgan fingerprint density at radius 2 is 2.00 bits per heavy atom. The summed E-state index contributed by atoms with van der Waals surface area (Å²) in [5.74, 6) is -0.138.